The van der Waals surface area contributed by atoms with Crippen molar-refractivity contribution in [2.45, 2.75) is 71.8 Å². The van der Waals surface area contributed by atoms with Gasteiger partial charge in [0.2, 0.25) is 5.91 Å². The summed E-state index contributed by atoms with van der Waals surface area (Å²) in [4.78, 5) is 34.5. The number of nitrogens with one attached hydrogen (secondary N) is 1. The van der Waals surface area contributed by atoms with E-state index in [1.165, 1.54) is 32.1 Å². The predicted molar refractivity (Wildman–Crippen MR) is 133 cm³/mol. The molecule has 5 heteroatoms. The average Bonchev–Trinajstić information content (AvgIpc) is 3.36. The molecule has 0 saturated heterocycles. The fraction of sp³-hybridized carbons (Fsp3) is 0.621. The summed E-state index contributed by atoms with van der Waals surface area (Å²) in [5.41, 5.74) is 3.13. The molecule has 0 spiro atoms. The van der Waals surface area contributed by atoms with Gasteiger partial charge in [-0.2, -0.15) is 0 Å². The SMILES string of the molecule is CC(=O)c1ccc2nc(C[C@H]3CC[C@H]4[C@@H]5CC[C@H]6N(C)C(=O)C=C[C@]6(C)[C@H]5CC[C@]34C)[nH]c2c1. The fourth-order valence-electron chi connectivity index (χ4n) is 8.79. The maximum absolute atomic E-state index is 12.3. The van der Waals surface area contributed by atoms with Crippen molar-refractivity contribution >= 4 is 22.7 Å². The van der Waals surface area contributed by atoms with E-state index in [1.807, 2.05) is 36.2 Å². The quantitative estimate of drug-likeness (QED) is 0.611. The lowest BCUT2D eigenvalue weighted by molar-refractivity contribution is -0.138. The van der Waals surface area contributed by atoms with E-state index < -0.39 is 0 Å². The standard InChI is InChI=1S/C29H37N3O2/c1-17(33)18-5-9-23-24(15-18)31-26(30-23)16-19-6-8-21-20-7-10-25-29(3,14-12-27(34)32(25)4)22(20)11-13-28(19,21)2/h5,9,12,14-15,19-22,25H,6-8,10-11,13,16H2,1-4H3,(H,30,31)/t19-,20+,21+,22+,25-,28-,29-/m1/s1. The second kappa shape index (κ2) is 7.53. The van der Waals surface area contributed by atoms with Gasteiger partial charge in [-0.05, 0) is 98.8 Å². The van der Waals surface area contributed by atoms with Crippen molar-refractivity contribution in [1.29, 1.82) is 0 Å². The van der Waals surface area contributed by atoms with Crippen LogP contribution < -0.4 is 0 Å². The number of benzene rings is 1. The second-order valence-corrected chi connectivity index (χ2v) is 12.1. The first-order valence-electron chi connectivity index (χ1n) is 13.2. The number of fused-ring (bicyclic) bond motifs is 6. The van der Waals surface area contributed by atoms with Crippen molar-refractivity contribution in [3.8, 4) is 0 Å². The number of hydrogen-bond acceptors (Lipinski definition) is 3. The van der Waals surface area contributed by atoms with Crippen LogP contribution in [0.5, 0.6) is 0 Å². The van der Waals surface area contributed by atoms with E-state index in [4.69, 9.17) is 4.98 Å². The first-order chi connectivity index (χ1) is 16.2. The van der Waals surface area contributed by atoms with Gasteiger partial charge in [-0.1, -0.05) is 19.9 Å². The van der Waals surface area contributed by atoms with E-state index in [1.54, 1.807) is 6.92 Å². The van der Waals surface area contributed by atoms with E-state index in [-0.39, 0.29) is 17.1 Å². The van der Waals surface area contributed by atoms with Gasteiger partial charge in [-0.3, -0.25) is 9.59 Å². The van der Waals surface area contributed by atoms with Crippen LogP contribution in [-0.4, -0.2) is 39.6 Å². The zero-order valence-corrected chi connectivity index (χ0v) is 20.9. The van der Waals surface area contributed by atoms with Crippen molar-refractivity contribution in [2.75, 3.05) is 7.05 Å². The maximum atomic E-state index is 12.3. The molecule has 0 bridgehead atoms. The number of Topliss-reactive ketones (excluding diaryl/α,β-unsaturated/α-hetero) is 1. The topological polar surface area (TPSA) is 66.1 Å². The van der Waals surface area contributed by atoms with Crippen molar-refractivity contribution in [2.24, 2.45) is 34.5 Å². The van der Waals surface area contributed by atoms with E-state index in [0.29, 0.717) is 23.3 Å². The Labute approximate surface area is 202 Å². The number of aromatic nitrogens is 2. The van der Waals surface area contributed by atoms with Crippen LogP contribution in [0.1, 0.15) is 75.5 Å². The van der Waals surface area contributed by atoms with Crippen LogP contribution in [0.3, 0.4) is 0 Å². The number of carbonyl (C=O) groups excluding carboxylic acids is 2. The van der Waals surface area contributed by atoms with Crippen molar-refractivity contribution in [1.82, 2.24) is 14.9 Å². The summed E-state index contributed by atoms with van der Waals surface area (Å²) in [5.74, 6) is 4.16. The highest BCUT2D eigenvalue weighted by atomic mass is 16.2. The van der Waals surface area contributed by atoms with Gasteiger partial charge in [-0.15, -0.1) is 0 Å². The molecule has 6 rings (SSSR count). The normalized spacial score (nSPS) is 39.1. The molecule has 1 N–H and O–H groups in total. The fourth-order valence-corrected chi connectivity index (χ4v) is 8.79. The molecule has 1 amide bonds. The number of carbonyl (C=O) groups is 2. The third-order valence-electron chi connectivity index (χ3n) is 10.7. The molecule has 2 aromatic rings. The lowest BCUT2D eigenvalue weighted by Crippen LogP contribution is -2.59. The molecule has 1 aromatic carbocycles. The van der Waals surface area contributed by atoms with E-state index in [0.717, 1.165) is 47.1 Å². The Hall–Kier alpha value is -2.43. The zero-order chi connectivity index (χ0) is 23.8. The van der Waals surface area contributed by atoms with Gasteiger partial charge < -0.3 is 9.88 Å². The molecule has 0 radical (unpaired) electrons. The monoisotopic (exact) mass is 459 g/mol. The maximum Gasteiger partial charge on any atom is 0.246 e. The number of imidazole rings is 1. The summed E-state index contributed by atoms with van der Waals surface area (Å²) in [7, 11) is 2.00. The number of nitrogens with zero attached hydrogens (tertiary/aromatic N) is 2. The molecule has 3 aliphatic carbocycles. The highest BCUT2D eigenvalue weighted by Gasteiger charge is 2.60. The summed E-state index contributed by atoms with van der Waals surface area (Å²) in [5, 5.41) is 0. The van der Waals surface area contributed by atoms with Gasteiger partial charge in [0.1, 0.15) is 5.82 Å². The molecular weight excluding hydrogens is 422 g/mol. The first-order valence-corrected chi connectivity index (χ1v) is 13.2. The van der Waals surface area contributed by atoms with Gasteiger partial charge in [0.05, 0.1) is 11.0 Å². The minimum Gasteiger partial charge on any atom is -0.342 e. The van der Waals surface area contributed by atoms with Crippen LogP contribution in [0.15, 0.2) is 30.4 Å². The number of amides is 1. The number of ketones is 1. The number of H-pyrrole nitrogens is 1. The predicted octanol–water partition coefficient (Wildman–Crippen LogP) is 5.56. The Bertz CT molecular complexity index is 1200. The molecule has 4 aliphatic rings. The summed E-state index contributed by atoms with van der Waals surface area (Å²) in [6, 6.07) is 6.14. The third kappa shape index (κ3) is 3.08. The lowest BCUT2D eigenvalue weighted by atomic mass is 9.47. The molecule has 34 heavy (non-hydrogen) atoms. The molecule has 5 nitrogen and oxygen atoms in total. The highest BCUT2D eigenvalue weighted by Crippen LogP contribution is 2.65. The number of likely N-dealkylation sites (N-methyl/N-ethyl adjacent to an activating group) is 1. The Morgan fingerprint density at radius 1 is 1.15 bits per heavy atom. The molecule has 1 aliphatic heterocycles. The Morgan fingerprint density at radius 3 is 2.76 bits per heavy atom. The summed E-state index contributed by atoms with van der Waals surface area (Å²) >= 11 is 0. The first kappa shape index (κ1) is 22.1. The molecule has 7 atom stereocenters. The van der Waals surface area contributed by atoms with Crippen molar-refractivity contribution < 1.29 is 9.59 Å². The van der Waals surface area contributed by atoms with Crippen LogP contribution in [0.25, 0.3) is 11.0 Å². The molecular formula is C29H37N3O2. The second-order valence-electron chi connectivity index (χ2n) is 12.1. The summed E-state index contributed by atoms with van der Waals surface area (Å²) < 4.78 is 0. The largest absolute Gasteiger partial charge is 0.342 e. The van der Waals surface area contributed by atoms with Crippen LogP contribution in [0.2, 0.25) is 0 Å². The molecule has 1 aromatic heterocycles. The van der Waals surface area contributed by atoms with E-state index in [2.05, 4.69) is 24.9 Å². The minimum absolute atomic E-state index is 0.0905. The Morgan fingerprint density at radius 2 is 1.97 bits per heavy atom. The molecule has 2 heterocycles. The smallest absolute Gasteiger partial charge is 0.246 e. The molecule has 180 valence electrons. The van der Waals surface area contributed by atoms with Crippen LogP contribution in [0.4, 0.5) is 0 Å². The van der Waals surface area contributed by atoms with Gasteiger partial charge >= 0.3 is 0 Å². The average molecular weight is 460 g/mol. The van der Waals surface area contributed by atoms with Crippen LogP contribution in [0, 0.1) is 34.5 Å². The van der Waals surface area contributed by atoms with Crippen molar-refractivity contribution in [3.05, 3.63) is 41.7 Å². The van der Waals surface area contributed by atoms with Gasteiger partial charge in [0.15, 0.2) is 5.78 Å². The lowest BCUT2D eigenvalue weighted by Gasteiger charge is -2.60. The van der Waals surface area contributed by atoms with E-state index in [9.17, 15) is 9.59 Å². The van der Waals surface area contributed by atoms with Gasteiger partial charge in [-0.25, -0.2) is 4.98 Å². The minimum atomic E-state index is 0.0905. The summed E-state index contributed by atoms with van der Waals surface area (Å²) in [6.45, 7) is 6.59. The zero-order valence-electron chi connectivity index (χ0n) is 20.9. The summed E-state index contributed by atoms with van der Waals surface area (Å²) in [6.07, 6.45) is 12.6. The van der Waals surface area contributed by atoms with Crippen LogP contribution >= 0.6 is 0 Å². The van der Waals surface area contributed by atoms with Gasteiger partial charge in [0, 0.05) is 30.5 Å². The Balaban J connectivity index is 1.24. The number of hydrogen-bond donors (Lipinski definition) is 1. The Kier molecular flexibility index (Phi) is 4.89. The van der Waals surface area contributed by atoms with Crippen molar-refractivity contribution in [3.63, 3.8) is 0 Å². The molecule has 3 fully saturated rings. The van der Waals surface area contributed by atoms with E-state index >= 15 is 0 Å². The molecule has 0 unspecified atom stereocenters. The number of rotatable bonds is 3. The third-order valence-corrected chi connectivity index (χ3v) is 10.7. The number of aromatic amines is 1. The van der Waals surface area contributed by atoms with Gasteiger partial charge in [0.25, 0.3) is 0 Å². The molecule has 3 saturated carbocycles. The van der Waals surface area contributed by atoms with Crippen LogP contribution in [-0.2, 0) is 11.2 Å². The highest BCUT2D eigenvalue weighted by molar-refractivity contribution is 5.97.